The number of hydrogen-bond acceptors (Lipinski definition) is 2. The molecular formula is C23H22F4OS. The molecule has 154 valence electrons. The number of aryl methyl sites for hydroxylation is 1. The van der Waals surface area contributed by atoms with Gasteiger partial charge in [0, 0.05) is 5.56 Å². The van der Waals surface area contributed by atoms with Gasteiger partial charge in [0.2, 0.25) is 0 Å². The lowest BCUT2D eigenvalue weighted by Gasteiger charge is -2.16. The van der Waals surface area contributed by atoms with E-state index in [-0.39, 0.29) is 12.2 Å². The summed E-state index contributed by atoms with van der Waals surface area (Å²) in [7, 11) is 0. The first-order valence-corrected chi connectivity index (χ1v) is 10.3. The Hall–Kier alpha value is -2.34. The van der Waals surface area contributed by atoms with Crippen LogP contribution in [0.5, 0.6) is 5.75 Å². The van der Waals surface area contributed by atoms with Crippen LogP contribution >= 0.6 is 11.3 Å². The zero-order valence-corrected chi connectivity index (χ0v) is 17.3. The highest BCUT2D eigenvalue weighted by molar-refractivity contribution is 7.10. The maximum atomic E-state index is 13.5. The molecule has 0 bridgehead atoms. The third-order valence-corrected chi connectivity index (χ3v) is 6.11. The molecule has 29 heavy (non-hydrogen) atoms. The predicted octanol–water partition coefficient (Wildman–Crippen LogP) is 7.72. The van der Waals surface area contributed by atoms with Gasteiger partial charge < -0.3 is 4.74 Å². The van der Waals surface area contributed by atoms with Crippen LogP contribution in [0.4, 0.5) is 17.6 Å². The van der Waals surface area contributed by atoms with Crippen molar-refractivity contribution in [2.45, 2.75) is 46.4 Å². The first-order chi connectivity index (χ1) is 13.7. The predicted molar refractivity (Wildman–Crippen MR) is 109 cm³/mol. The monoisotopic (exact) mass is 422 g/mol. The second-order valence-electron chi connectivity index (χ2n) is 6.97. The van der Waals surface area contributed by atoms with Crippen LogP contribution in [0, 0.1) is 19.7 Å². The Morgan fingerprint density at radius 1 is 0.966 bits per heavy atom. The number of rotatable bonds is 6. The summed E-state index contributed by atoms with van der Waals surface area (Å²) >= 11 is 0.635. The van der Waals surface area contributed by atoms with Crippen molar-refractivity contribution in [2.24, 2.45) is 0 Å². The second-order valence-corrected chi connectivity index (χ2v) is 7.85. The van der Waals surface area contributed by atoms with E-state index in [1.165, 1.54) is 35.2 Å². The fraction of sp³-hybridized carbons (Fsp3) is 0.304. The number of alkyl halides is 3. The molecule has 0 amide bonds. The zero-order valence-electron chi connectivity index (χ0n) is 16.5. The number of ether oxygens (including phenoxy) is 1. The van der Waals surface area contributed by atoms with Gasteiger partial charge in [-0.25, -0.2) is 4.39 Å². The molecule has 1 heterocycles. The standard InChI is InChI=1S/C23H22F4OS/c1-4-5-16-8-11-21(15(3)14(16)2)28-12-19-20(13-29-22(19)23(25,26)27)17-6-9-18(24)10-7-17/h6-11,13H,4-5,12H2,1-3H3. The molecule has 2 aromatic carbocycles. The van der Waals surface area contributed by atoms with Crippen molar-refractivity contribution in [1.29, 1.82) is 0 Å². The summed E-state index contributed by atoms with van der Waals surface area (Å²) in [5, 5.41) is 1.46. The van der Waals surface area contributed by atoms with E-state index in [0.717, 1.165) is 24.0 Å². The van der Waals surface area contributed by atoms with Crippen molar-refractivity contribution in [3.05, 3.63) is 74.7 Å². The van der Waals surface area contributed by atoms with Gasteiger partial charge >= 0.3 is 6.18 Å². The topological polar surface area (TPSA) is 9.23 Å². The maximum absolute atomic E-state index is 13.5. The minimum absolute atomic E-state index is 0.0730. The molecule has 3 rings (SSSR count). The quantitative estimate of drug-likeness (QED) is 0.370. The highest BCUT2D eigenvalue weighted by Crippen LogP contribution is 2.42. The number of thiophene rings is 1. The minimum Gasteiger partial charge on any atom is -0.489 e. The normalized spacial score (nSPS) is 11.7. The van der Waals surface area contributed by atoms with E-state index in [0.29, 0.717) is 28.2 Å². The molecule has 0 fully saturated rings. The largest absolute Gasteiger partial charge is 0.489 e. The summed E-state index contributed by atoms with van der Waals surface area (Å²) < 4.78 is 59.7. The summed E-state index contributed by atoms with van der Waals surface area (Å²) in [5.74, 6) is 0.142. The van der Waals surface area contributed by atoms with Gasteiger partial charge in [0.15, 0.2) is 0 Å². The maximum Gasteiger partial charge on any atom is 0.426 e. The Kier molecular flexibility index (Phi) is 6.32. The van der Waals surface area contributed by atoms with Gasteiger partial charge in [0.25, 0.3) is 0 Å². The van der Waals surface area contributed by atoms with Crippen LogP contribution in [0.2, 0.25) is 0 Å². The van der Waals surface area contributed by atoms with E-state index in [1.54, 1.807) is 0 Å². The van der Waals surface area contributed by atoms with E-state index >= 15 is 0 Å². The van der Waals surface area contributed by atoms with E-state index in [2.05, 4.69) is 6.92 Å². The average molecular weight is 422 g/mol. The van der Waals surface area contributed by atoms with Gasteiger partial charge in [0.05, 0.1) is 0 Å². The first-order valence-electron chi connectivity index (χ1n) is 9.37. The molecule has 0 N–H and O–H groups in total. The third kappa shape index (κ3) is 4.64. The van der Waals surface area contributed by atoms with Crippen LogP contribution in [0.3, 0.4) is 0 Å². The lowest BCUT2D eigenvalue weighted by Crippen LogP contribution is -2.09. The highest BCUT2D eigenvalue weighted by atomic mass is 32.1. The van der Waals surface area contributed by atoms with E-state index < -0.39 is 16.9 Å². The molecule has 0 radical (unpaired) electrons. The van der Waals surface area contributed by atoms with Crippen molar-refractivity contribution in [3.63, 3.8) is 0 Å². The number of benzene rings is 2. The van der Waals surface area contributed by atoms with Crippen molar-refractivity contribution < 1.29 is 22.3 Å². The molecule has 0 saturated heterocycles. The van der Waals surface area contributed by atoms with Crippen molar-refractivity contribution in [2.75, 3.05) is 0 Å². The van der Waals surface area contributed by atoms with Crippen molar-refractivity contribution in [1.82, 2.24) is 0 Å². The molecule has 6 heteroatoms. The van der Waals surface area contributed by atoms with Crippen LogP contribution in [-0.4, -0.2) is 0 Å². The van der Waals surface area contributed by atoms with Gasteiger partial charge in [-0.05, 0) is 71.7 Å². The van der Waals surface area contributed by atoms with Gasteiger partial charge in [-0.1, -0.05) is 31.5 Å². The van der Waals surface area contributed by atoms with Gasteiger partial charge in [0.1, 0.15) is 23.1 Å². The molecule has 0 spiro atoms. The second kappa shape index (κ2) is 8.57. The summed E-state index contributed by atoms with van der Waals surface area (Å²) in [6.07, 6.45) is -2.51. The lowest BCUT2D eigenvalue weighted by molar-refractivity contribution is -0.135. The fourth-order valence-electron chi connectivity index (χ4n) is 3.33. The molecular weight excluding hydrogens is 400 g/mol. The highest BCUT2D eigenvalue weighted by Gasteiger charge is 2.36. The lowest BCUT2D eigenvalue weighted by atomic mass is 9.99. The smallest absolute Gasteiger partial charge is 0.426 e. The summed E-state index contributed by atoms with van der Waals surface area (Å²) in [5.41, 5.74) is 4.27. The van der Waals surface area contributed by atoms with E-state index in [4.69, 9.17) is 4.74 Å². The Bertz CT molecular complexity index is 987. The molecule has 0 saturated carbocycles. The fourth-order valence-corrected chi connectivity index (χ4v) is 4.29. The third-order valence-electron chi connectivity index (χ3n) is 5.05. The molecule has 0 aliphatic carbocycles. The zero-order chi connectivity index (χ0) is 21.2. The number of hydrogen-bond donors (Lipinski definition) is 0. The Balaban J connectivity index is 1.95. The summed E-state index contributed by atoms with van der Waals surface area (Å²) in [6.45, 7) is 5.82. The molecule has 1 nitrogen and oxygen atoms in total. The van der Waals surface area contributed by atoms with Crippen molar-refractivity contribution >= 4 is 11.3 Å². The molecule has 0 atom stereocenters. The molecule has 0 aliphatic rings. The van der Waals surface area contributed by atoms with Crippen LogP contribution < -0.4 is 4.74 Å². The minimum atomic E-state index is -4.47. The van der Waals surface area contributed by atoms with Crippen LogP contribution in [0.25, 0.3) is 11.1 Å². The Labute approximate surface area is 172 Å². The van der Waals surface area contributed by atoms with Gasteiger partial charge in [-0.3, -0.25) is 0 Å². The molecule has 3 aromatic rings. The van der Waals surface area contributed by atoms with Crippen LogP contribution in [0.15, 0.2) is 41.8 Å². The Morgan fingerprint density at radius 3 is 2.28 bits per heavy atom. The van der Waals surface area contributed by atoms with Crippen LogP contribution in [0.1, 0.15) is 40.5 Å². The van der Waals surface area contributed by atoms with Crippen molar-refractivity contribution in [3.8, 4) is 16.9 Å². The first kappa shape index (κ1) is 21.4. The molecule has 0 unspecified atom stereocenters. The molecule has 0 aliphatic heterocycles. The average Bonchev–Trinajstić information content (AvgIpc) is 3.10. The summed E-state index contributed by atoms with van der Waals surface area (Å²) in [4.78, 5) is -0.686. The SMILES string of the molecule is CCCc1ccc(OCc2c(-c3ccc(F)cc3)csc2C(F)(F)F)c(C)c1C. The van der Waals surface area contributed by atoms with E-state index in [9.17, 15) is 17.6 Å². The summed E-state index contributed by atoms with van der Waals surface area (Å²) in [6, 6.07) is 9.24. The Morgan fingerprint density at radius 2 is 1.66 bits per heavy atom. The van der Waals surface area contributed by atoms with Gasteiger partial charge in [-0.15, -0.1) is 11.3 Å². The van der Waals surface area contributed by atoms with E-state index in [1.807, 2.05) is 26.0 Å². The molecule has 1 aromatic heterocycles. The van der Waals surface area contributed by atoms with Crippen LogP contribution in [-0.2, 0) is 19.2 Å². The number of halogens is 4. The van der Waals surface area contributed by atoms with Gasteiger partial charge in [-0.2, -0.15) is 13.2 Å².